The molecule has 2 aliphatic rings. The Balaban J connectivity index is 0.000000250. The van der Waals surface area contributed by atoms with Crippen LogP contribution in [0.2, 0.25) is 0 Å². The number of aryl methyl sites for hydroxylation is 4. The van der Waals surface area contributed by atoms with Crippen molar-refractivity contribution in [2.75, 3.05) is 49.2 Å². The van der Waals surface area contributed by atoms with Gasteiger partial charge in [-0.05, 0) is 117 Å². The largest absolute Gasteiger partial charge is 1.00 e. The van der Waals surface area contributed by atoms with Crippen LogP contribution >= 0.6 is 0 Å². The molecule has 0 spiro atoms. The van der Waals surface area contributed by atoms with Crippen LogP contribution in [0.3, 0.4) is 0 Å². The summed E-state index contributed by atoms with van der Waals surface area (Å²) >= 11 is 0. The van der Waals surface area contributed by atoms with Crippen LogP contribution in [0.15, 0.2) is 69.7 Å². The first kappa shape index (κ1) is 54.5. The molecule has 12 nitrogen and oxygen atoms in total. The molecule has 8 rings (SSSR count). The number of rotatable bonds is 17. The minimum atomic E-state index is -4.57. The number of alkyl halides is 6. The summed E-state index contributed by atoms with van der Waals surface area (Å²) in [6.45, 7) is 15.7. The van der Waals surface area contributed by atoms with Gasteiger partial charge in [0, 0.05) is 54.2 Å². The number of aromatic nitrogens is 2. The monoisotopic (exact) mass is 973 g/mol. The normalized spacial score (nSPS) is 13.4. The Morgan fingerprint density at radius 3 is 1.59 bits per heavy atom. The summed E-state index contributed by atoms with van der Waals surface area (Å²) < 4.78 is 101. The van der Waals surface area contributed by atoms with Gasteiger partial charge in [0.2, 0.25) is 6.54 Å². The molecular formula is C50H54F6N5NaO7. The number of fused-ring (bicyclic) bond motifs is 4. The number of hydrogen-bond donors (Lipinski definition) is 1. The molecule has 0 radical (unpaired) electrons. The molecular weight excluding hydrogens is 920 g/mol. The van der Waals surface area contributed by atoms with Crippen LogP contribution in [-0.4, -0.2) is 66.3 Å². The Hall–Kier alpha value is -5.48. The summed E-state index contributed by atoms with van der Waals surface area (Å²) in [4.78, 5) is 19.1. The van der Waals surface area contributed by atoms with Crippen LogP contribution in [0.1, 0.15) is 97.1 Å². The van der Waals surface area contributed by atoms with Gasteiger partial charge in [-0.15, -0.1) is 0 Å². The second-order valence-electron chi connectivity index (χ2n) is 16.8. The van der Waals surface area contributed by atoms with Gasteiger partial charge < -0.3 is 43.7 Å². The number of benzene rings is 4. The van der Waals surface area contributed by atoms with E-state index in [1.807, 2.05) is 38.1 Å². The van der Waals surface area contributed by atoms with Crippen molar-refractivity contribution in [1.82, 2.24) is 10.3 Å². The Labute approximate surface area is 418 Å². The van der Waals surface area contributed by atoms with E-state index in [0.717, 1.165) is 99.9 Å². The number of anilines is 2. The summed E-state index contributed by atoms with van der Waals surface area (Å²) in [5.74, 6) is 0.235. The minimum absolute atomic E-state index is 0. The van der Waals surface area contributed by atoms with Crippen molar-refractivity contribution in [3.8, 4) is 11.5 Å². The van der Waals surface area contributed by atoms with E-state index in [1.165, 1.54) is 23.4 Å². The number of hydrogen-bond acceptors (Lipinski definition) is 10. The SMILES string of the molecule is CCCc1c(OCCCN2CCCc3cc(CC(=O)O)ccc32)ccc2c(C(F)(F)F)noc12.[C-]#[N+]Cc1ccc2c(c1)CCCN2CCCOc1ccc2c(C(F)(F)F)noc2c1CCC.[Na+].[OH-]. The van der Waals surface area contributed by atoms with Gasteiger partial charge in [0.05, 0.1) is 30.4 Å². The fraction of sp³-hybridized carbons (Fsp3) is 0.440. The third-order valence-corrected chi connectivity index (χ3v) is 11.9. The minimum Gasteiger partial charge on any atom is -0.870 e. The molecule has 2 aliphatic heterocycles. The molecule has 19 heteroatoms. The van der Waals surface area contributed by atoms with E-state index in [2.05, 4.69) is 37.1 Å². The van der Waals surface area contributed by atoms with E-state index in [-0.39, 0.29) is 63.4 Å². The third-order valence-electron chi connectivity index (χ3n) is 11.9. The molecule has 0 fully saturated rings. The number of aliphatic carboxylic acids is 1. The summed E-state index contributed by atoms with van der Waals surface area (Å²) in [6.07, 6.45) is -1.06. The molecule has 0 aliphatic carbocycles. The van der Waals surface area contributed by atoms with Crippen molar-refractivity contribution in [1.29, 1.82) is 0 Å². The number of carboxylic acids is 1. The van der Waals surface area contributed by atoms with Crippen molar-refractivity contribution in [2.45, 2.75) is 103 Å². The van der Waals surface area contributed by atoms with Crippen molar-refractivity contribution >= 4 is 39.3 Å². The number of carboxylic acid groups (broad SMARTS) is 1. The molecule has 0 saturated carbocycles. The second kappa shape index (κ2) is 24.4. The standard InChI is InChI=1S/C25H26F3N3O2.C25H27F3N2O4.Na.H2O/c1-3-6-19-22(11-9-20-23(19)33-30-24(20)25(26,27)28)32-14-5-13-31-12-4-7-18-15-17(16-29-2)8-10-21(18)31;1-2-5-18-21(10-8-19-23(18)34-29-24(19)25(26,27)28)33-13-4-12-30-11-3-6-17-14-16(15-22(31)32)7-9-20(17)30;;/h8-11,15H,3-7,12-14,16H2,1H3;7-10,14H,2-6,11-13,15H2,1H3,(H,31,32);;1H2/q;;+1;/p-1. The smallest absolute Gasteiger partial charge is 0.870 e. The number of carbonyl (C=O) groups is 1. The fourth-order valence-corrected chi connectivity index (χ4v) is 9.01. The maximum absolute atomic E-state index is 13.2. The molecule has 0 amide bonds. The van der Waals surface area contributed by atoms with Gasteiger partial charge in [-0.2, -0.15) is 26.3 Å². The van der Waals surface area contributed by atoms with Gasteiger partial charge in [-0.1, -0.05) is 49.1 Å². The topological polar surface area (TPSA) is 149 Å². The van der Waals surface area contributed by atoms with Crippen LogP contribution < -0.4 is 48.8 Å². The van der Waals surface area contributed by atoms with Crippen molar-refractivity contribution < 1.29 is 89.8 Å². The molecule has 364 valence electrons. The van der Waals surface area contributed by atoms with Gasteiger partial charge in [-0.3, -0.25) is 4.79 Å². The molecule has 4 heterocycles. The summed E-state index contributed by atoms with van der Waals surface area (Å²) in [5.41, 5.74) is 6.15. The first-order valence-corrected chi connectivity index (χ1v) is 22.7. The predicted octanol–water partition coefficient (Wildman–Crippen LogP) is 8.92. The van der Waals surface area contributed by atoms with Crippen LogP contribution in [0.5, 0.6) is 11.5 Å². The summed E-state index contributed by atoms with van der Waals surface area (Å²) in [6, 6.07) is 18.0. The molecule has 4 aromatic carbocycles. The first-order valence-electron chi connectivity index (χ1n) is 22.7. The van der Waals surface area contributed by atoms with E-state index in [9.17, 15) is 31.1 Å². The second-order valence-corrected chi connectivity index (χ2v) is 16.8. The molecule has 2 N–H and O–H groups in total. The molecule has 0 atom stereocenters. The van der Waals surface area contributed by atoms with Crippen molar-refractivity contribution in [3.63, 3.8) is 0 Å². The predicted molar refractivity (Wildman–Crippen MR) is 244 cm³/mol. The zero-order valence-electron chi connectivity index (χ0n) is 38.9. The Bertz CT molecular complexity index is 2720. The molecule has 0 bridgehead atoms. The average Bonchev–Trinajstić information content (AvgIpc) is 3.94. The maximum Gasteiger partial charge on any atom is 1.00 e. The van der Waals surface area contributed by atoms with Crippen molar-refractivity contribution in [3.05, 3.63) is 117 Å². The van der Waals surface area contributed by atoms with Crippen molar-refractivity contribution in [2.24, 2.45) is 0 Å². The maximum atomic E-state index is 13.2. The van der Waals surface area contributed by atoms with Gasteiger partial charge in [0.25, 0.3) is 0 Å². The van der Waals surface area contributed by atoms with Gasteiger partial charge in [0.1, 0.15) is 11.5 Å². The van der Waals surface area contributed by atoms with E-state index in [4.69, 9.17) is 30.2 Å². The average molecular weight is 974 g/mol. The molecule has 69 heavy (non-hydrogen) atoms. The Morgan fingerprint density at radius 1 is 0.725 bits per heavy atom. The van der Waals surface area contributed by atoms with Gasteiger partial charge in [0.15, 0.2) is 22.6 Å². The van der Waals surface area contributed by atoms with Crippen LogP contribution in [0.25, 0.3) is 26.8 Å². The quantitative estimate of drug-likeness (QED) is 0.0404. The zero-order chi connectivity index (χ0) is 47.7. The van der Waals surface area contributed by atoms with Crippen LogP contribution in [-0.2, 0) is 55.8 Å². The number of nitrogens with zero attached hydrogens (tertiary/aromatic N) is 5. The zero-order valence-corrected chi connectivity index (χ0v) is 40.9. The molecule has 2 aromatic heterocycles. The Morgan fingerprint density at radius 2 is 1.17 bits per heavy atom. The fourth-order valence-electron chi connectivity index (χ4n) is 9.01. The first-order chi connectivity index (χ1) is 32.2. The van der Waals surface area contributed by atoms with E-state index in [0.29, 0.717) is 55.2 Å². The van der Waals surface area contributed by atoms with Gasteiger partial charge >= 0.3 is 47.9 Å². The van der Waals surface area contributed by atoms with E-state index in [1.54, 1.807) is 12.1 Å². The molecule has 0 saturated heterocycles. The van der Waals surface area contributed by atoms with E-state index >= 15 is 0 Å². The van der Waals surface area contributed by atoms with E-state index < -0.39 is 29.7 Å². The Kier molecular flexibility index (Phi) is 19.2. The van der Waals surface area contributed by atoms with Gasteiger partial charge in [-0.25, -0.2) is 6.57 Å². The molecule has 0 unspecified atom stereocenters. The summed E-state index contributed by atoms with van der Waals surface area (Å²) in [5, 5.41) is 15.5. The number of halogens is 6. The van der Waals surface area contributed by atoms with Crippen LogP contribution in [0.4, 0.5) is 37.7 Å². The molecule has 6 aromatic rings. The number of ether oxygens (including phenoxy) is 2. The summed E-state index contributed by atoms with van der Waals surface area (Å²) in [7, 11) is 0. The van der Waals surface area contributed by atoms with Crippen LogP contribution in [0, 0.1) is 6.57 Å². The third kappa shape index (κ3) is 13.2.